The highest BCUT2D eigenvalue weighted by molar-refractivity contribution is 7.14. The zero-order valence-electron chi connectivity index (χ0n) is 16.2. The number of amides is 1. The van der Waals surface area contributed by atoms with Crippen molar-refractivity contribution in [1.29, 1.82) is 0 Å². The average molecular weight is 424 g/mol. The Hall–Kier alpha value is -3.59. The van der Waals surface area contributed by atoms with Crippen molar-refractivity contribution in [2.75, 3.05) is 12.4 Å². The number of nitrogens with one attached hydrogen (secondary N) is 1. The molecule has 2 heterocycles. The number of fused-ring (bicyclic) bond motifs is 1. The summed E-state index contributed by atoms with van der Waals surface area (Å²) < 4.78 is 20.0. The van der Waals surface area contributed by atoms with E-state index in [0.29, 0.717) is 22.1 Å². The van der Waals surface area contributed by atoms with Gasteiger partial charge in [-0.1, -0.05) is 11.6 Å². The summed E-state index contributed by atoms with van der Waals surface area (Å²) in [7, 11) is 1.59. The Balaban J connectivity index is 1.53. The Morgan fingerprint density at radius 1 is 1.27 bits per heavy atom. The Kier molecular flexibility index (Phi) is 5.28. The molecule has 4 rings (SSSR count). The lowest BCUT2D eigenvalue weighted by molar-refractivity contribution is -0.116. The van der Waals surface area contributed by atoms with Crippen molar-refractivity contribution in [3.05, 3.63) is 69.8 Å². The number of rotatable bonds is 5. The standard InChI is InChI=1S/C21H17FN4O3S/c1-12-3-6-18(29-2)14(7-12)17-10-30-21(24-17)25-19(27)9-26-11-23-16-5-4-13(22)8-15(16)20(26)28/h3-8,10-11H,9H2,1-2H3,(H,24,25,27). The van der Waals surface area contributed by atoms with Crippen molar-refractivity contribution < 1.29 is 13.9 Å². The Bertz CT molecular complexity index is 1320. The summed E-state index contributed by atoms with van der Waals surface area (Å²) in [5, 5.41) is 5.02. The summed E-state index contributed by atoms with van der Waals surface area (Å²) in [6, 6.07) is 9.53. The number of hydrogen-bond donors (Lipinski definition) is 1. The maximum atomic E-state index is 13.4. The number of carbonyl (C=O) groups is 1. The molecule has 152 valence electrons. The number of aromatic nitrogens is 3. The molecule has 0 unspecified atom stereocenters. The molecule has 7 nitrogen and oxygen atoms in total. The van der Waals surface area contributed by atoms with Crippen LogP contribution in [-0.4, -0.2) is 27.6 Å². The molecule has 1 amide bonds. The highest BCUT2D eigenvalue weighted by atomic mass is 32.1. The van der Waals surface area contributed by atoms with Crippen molar-refractivity contribution in [3.63, 3.8) is 0 Å². The third-order valence-corrected chi connectivity index (χ3v) is 5.24. The number of ether oxygens (including phenoxy) is 1. The van der Waals surface area contributed by atoms with Gasteiger partial charge >= 0.3 is 0 Å². The third-order valence-electron chi connectivity index (χ3n) is 4.48. The molecule has 0 saturated heterocycles. The van der Waals surface area contributed by atoms with Crippen LogP contribution in [0.25, 0.3) is 22.2 Å². The number of anilines is 1. The van der Waals surface area contributed by atoms with Crippen molar-refractivity contribution >= 4 is 33.3 Å². The topological polar surface area (TPSA) is 86.1 Å². The minimum atomic E-state index is -0.537. The van der Waals surface area contributed by atoms with E-state index >= 15 is 0 Å². The summed E-state index contributed by atoms with van der Waals surface area (Å²) in [4.78, 5) is 33.5. The summed E-state index contributed by atoms with van der Waals surface area (Å²) in [5.74, 6) is -0.290. The van der Waals surface area contributed by atoms with Crippen LogP contribution in [0.1, 0.15) is 5.56 Å². The highest BCUT2D eigenvalue weighted by Gasteiger charge is 2.14. The predicted molar refractivity (Wildman–Crippen MR) is 113 cm³/mol. The largest absolute Gasteiger partial charge is 0.496 e. The minimum absolute atomic E-state index is 0.119. The lowest BCUT2D eigenvalue weighted by Gasteiger charge is -2.07. The molecule has 30 heavy (non-hydrogen) atoms. The van der Waals surface area contributed by atoms with E-state index in [2.05, 4.69) is 15.3 Å². The zero-order valence-corrected chi connectivity index (χ0v) is 17.0. The maximum Gasteiger partial charge on any atom is 0.261 e. The first-order valence-electron chi connectivity index (χ1n) is 8.99. The molecule has 2 aromatic heterocycles. The molecule has 0 bridgehead atoms. The van der Waals surface area contributed by atoms with Gasteiger partial charge in [0.05, 0.1) is 30.0 Å². The molecule has 2 aromatic carbocycles. The molecule has 9 heteroatoms. The van der Waals surface area contributed by atoms with Crippen LogP contribution in [0.2, 0.25) is 0 Å². The van der Waals surface area contributed by atoms with Gasteiger partial charge < -0.3 is 10.1 Å². The van der Waals surface area contributed by atoms with Crippen LogP contribution in [0.4, 0.5) is 9.52 Å². The average Bonchev–Trinajstić information content (AvgIpc) is 3.18. The van der Waals surface area contributed by atoms with Crippen LogP contribution in [-0.2, 0) is 11.3 Å². The van der Waals surface area contributed by atoms with E-state index in [-0.39, 0.29) is 11.9 Å². The number of halogens is 1. The predicted octanol–water partition coefficient (Wildman–Crippen LogP) is 3.61. The second kappa shape index (κ2) is 8.03. The number of carbonyl (C=O) groups excluding carboxylic acids is 1. The lowest BCUT2D eigenvalue weighted by Crippen LogP contribution is -2.27. The van der Waals surface area contributed by atoms with Crippen LogP contribution in [0.15, 0.2) is 52.9 Å². The van der Waals surface area contributed by atoms with Gasteiger partial charge in [0.2, 0.25) is 5.91 Å². The SMILES string of the molecule is COc1ccc(C)cc1-c1csc(NC(=O)Cn2cnc3ccc(F)cc3c2=O)n1. The van der Waals surface area contributed by atoms with Gasteiger partial charge in [-0.15, -0.1) is 11.3 Å². The minimum Gasteiger partial charge on any atom is -0.496 e. The normalized spacial score (nSPS) is 10.9. The van der Waals surface area contributed by atoms with E-state index in [9.17, 15) is 14.0 Å². The number of nitrogens with zero attached hydrogens (tertiary/aromatic N) is 3. The van der Waals surface area contributed by atoms with Crippen LogP contribution >= 0.6 is 11.3 Å². The van der Waals surface area contributed by atoms with Gasteiger partial charge in [0.25, 0.3) is 5.56 Å². The highest BCUT2D eigenvalue weighted by Crippen LogP contribution is 2.32. The van der Waals surface area contributed by atoms with E-state index in [1.807, 2.05) is 30.5 Å². The maximum absolute atomic E-state index is 13.4. The van der Waals surface area contributed by atoms with Gasteiger partial charge in [0.1, 0.15) is 18.1 Å². The molecule has 0 fully saturated rings. The van der Waals surface area contributed by atoms with Crippen molar-refractivity contribution in [2.45, 2.75) is 13.5 Å². The smallest absolute Gasteiger partial charge is 0.261 e. The van der Waals surface area contributed by atoms with Crippen LogP contribution in [0.5, 0.6) is 5.75 Å². The summed E-state index contributed by atoms with van der Waals surface area (Å²) in [5.41, 5.74) is 2.44. The molecule has 0 aliphatic rings. The number of thiazole rings is 1. The van der Waals surface area contributed by atoms with Crippen LogP contribution in [0.3, 0.4) is 0 Å². The van der Waals surface area contributed by atoms with Crippen LogP contribution in [0, 0.1) is 12.7 Å². The number of benzene rings is 2. The van der Waals surface area contributed by atoms with Crippen molar-refractivity contribution in [2.24, 2.45) is 0 Å². The van der Waals surface area contributed by atoms with Gasteiger partial charge in [0.15, 0.2) is 5.13 Å². The number of hydrogen-bond acceptors (Lipinski definition) is 6. The van der Waals surface area contributed by atoms with E-state index < -0.39 is 17.3 Å². The van der Waals surface area contributed by atoms with Gasteiger partial charge in [-0.05, 0) is 37.3 Å². The molecular weight excluding hydrogens is 407 g/mol. The Labute approximate surface area is 174 Å². The first-order valence-corrected chi connectivity index (χ1v) is 9.87. The first-order chi connectivity index (χ1) is 14.4. The van der Waals surface area contributed by atoms with E-state index in [4.69, 9.17) is 4.74 Å². The third kappa shape index (κ3) is 3.92. The summed E-state index contributed by atoms with van der Waals surface area (Å²) in [6.45, 7) is 1.71. The fourth-order valence-corrected chi connectivity index (χ4v) is 3.76. The molecule has 0 radical (unpaired) electrons. The molecule has 0 atom stereocenters. The second-order valence-corrected chi connectivity index (χ2v) is 7.49. The van der Waals surface area contributed by atoms with Crippen LogP contribution < -0.4 is 15.6 Å². The molecule has 0 aliphatic heterocycles. The van der Waals surface area contributed by atoms with Gasteiger partial charge in [-0.3, -0.25) is 14.2 Å². The fraction of sp³-hybridized carbons (Fsp3) is 0.143. The van der Waals surface area contributed by atoms with Gasteiger partial charge in [0, 0.05) is 10.9 Å². The molecule has 0 saturated carbocycles. The van der Waals surface area contributed by atoms with E-state index in [1.54, 1.807) is 7.11 Å². The molecule has 0 spiro atoms. The Morgan fingerprint density at radius 3 is 2.90 bits per heavy atom. The Morgan fingerprint density at radius 2 is 2.10 bits per heavy atom. The molecule has 1 N–H and O–H groups in total. The molecule has 4 aromatic rings. The second-order valence-electron chi connectivity index (χ2n) is 6.63. The fourth-order valence-electron chi connectivity index (χ4n) is 3.03. The quantitative estimate of drug-likeness (QED) is 0.529. The summed E-state index contributed by atoms with van der Waals surface area (Å²) >= 11 is 1.27. The monoisotopic (exact) mass is 424 g/mol. The van der Waals surface area contributed by atoms with Crippen molar-refractivity contribution in [3.8, 4) is 17.0 Å². The summed E-state index contributed by atoms with van der Waals surface area (Å²) in [6.07, 6.45) is 1.27. The van der Waals surface area contributed by atoms with Gasteiger partial charge in [-0.25, -0.2) is 14.4 Å². The number of methoxy groups -OCH3 is 1. The van der Waals surface area contributed by atoms with E-state index in [0.717, 1.165) is 21.8 Å². The van der Waals surface area contributed by atoms with Gasteiger partial charge in [-0.2, -0.15) is 0 Å². The van der Waals surface area contributed by atoms with E-state index in [1.165, 1.54) is 29.8 Å². The zero-order chi connectivity index (χ0) is 21.3. The molecule has 0 aliphatic carbocycles. The number of aryl methyl sites for hydroxylation is 1. The molecular formula is C21H17FN4O3S. The van der Waals surface area contributed by atoms with Crippen molar-refractivity contribution in [1.82, 2.24) is 14.5 Å². The first kappa shape index (κ1) is 19.7. The lowest BCUT2D eigenvalue weighted by atomic mass is 10.1.